The lowest BCUT2D eigenvalue weighted by atomic mass is 10.2. The monoisotopic (exact) mass is 277 g/mol. The summed E-state index contributed by atoms with van der Waals surface area (Å²) in [5, 5.41) is 10.9. The van der Waals surface area contributed by atoms with E-state index in [4.69, 9.17) is 5.84 Å². The van der Waals surface area contributed by atoms with Gasteiger partial charge in [0.2, 0.25) is 0 Å². The van der Waals surface area contributed by atoms with E-state index in [1.165, 1.54) is 24.3 Å². The lowest BCUT2D eigenvalue weighted by molar-refractivity contribution is -0.384. The first-order valence-corrected chi connectivity index (χ1v) is 5.63. The van der Waals surface area contributed by atoms with E-state index in [9.17, 15) is 14.5 Å². The number of pyridine rings is 1. The van der Waals surface area contributed by atoms with Gasteiger partial charge in [-0.05, 0) is 24.3 Å². The van der Waals surface area contributed by atoms with Gasteiger partial charge in [0.25, 0.3) is 5.69 Å². The molecule has 1 heterocycles. The fourth-order valence-electron chi connectivity index (χ4n) is 1.65. The molecule has 0 saturated heterocycles. The van der Waals surface area contributed by atoms with E-state index >= 15 is 0 Å². The molecule has 0 radical (unpaired) electrons. The van der Waals surface area contributed by atoms with Gasteiger partial charge < -0.3 is 10.3 Å². The van der Waals surface area contributed by atoms with Crippen molar-refractivity contribution in [3.63, 3.8) is 0 Å². The Morgan fingerprint density at radius 2 is 2.00 bits per heavy atom. The van der Waals surface area contributed by atoms with E-state index < -0.39 is 4.92 Å². The van der Waals surface area contributed by atoms with Gasteiger partial charge in [0.1, 0.15) is 17.5 Å². The smallest absolute Gasteiger partial charge is 0.276 e. The van der Waals surface area contributed by atoms with Gasteiger partial charge in [-0.2, -0.15) is 0 Å². The molecule has 0 bridgehead atoms. The van der Waals surface area contributed by atoms with Gasteiger partial charge in [0.15, 0.2) is 0 Å². The minimum absolute atomic E-state index is 0.142. The molecular formula is C12H12FN5O2. The van der Waals surface area contributed by atoms with Gasteiger partial charge >= 0.3 is 0 Å². The van der Waals surface area contributed by atoms with E-state index in [2.05, 4.69) is 10.4 Å². The quantitative estimate of drug-likeness (QED) is 0.505. The number of benzene rings is 1. The van der Waals surface area contributed by atoms with Crippen molar-refractivity contribution in [2.24, 2.45) is 5.84 Å². The van der Waals surface area contributed by atoms with Gasteiger partial charge in [0.05, 0.1) is 17.1 Å². The highest BCUT2D eigenvalue weighted by Crippen LogP contribution is 2.27. The molecule has 8 heteroatoms. The molecule has 20 heavy (non-hydrogen) atoms. The van der Waals surface area contributed by atoms with E-state index in [-0.39, 0.29) is 17.3 Å². The minimum Gasteiger partial charge on any atom is -0.329 e. The number of nitrogens with one attached hydrogen (secondary N) is 1. The van der Waals surface area contributed by atoms with Crippen molar-refractivity contribution in [1.29, 1.82) is 0 Å². The number of rotatable bonds is 4. The normalized spacial score (nSPS) is 10.2. The predicted molar refractivity (Wildman–Crippen MR) is 73.2 cm³/mol. The van der Waals surface area contributed by atoms with Gasteiger partial charge in [-0.15, -0.1) is 0 Å². The lowest BCUT2D eigenvalue weighted by Gasteiger charge is -2.18. The summed E-state index contributed by atoms with van der Waals surface area (Å²) in [6.45, 7) is 0. The first-order chi connectivity index (χ1) is 9.51. The fraction of sp³-hybridized carbons (Fsp3) is 0.0833. The van der Waals surface area contributed by atoms with Crippen LogP contribution < -0.4 is 16.2 Å². The largest absolute Gasteiger partial charge is 0.329 e. The lowest BCUT2D eigenvalue weighted by Crippen LogP contribution is -2.15. The summed E-state index contributed by atoms with van der Waals surface area (Å²) < 4.78 is 12.9. The Labute approximate surface area is 114 Å². The van der Waals surface area contributed by atoms with Crippen molar-refractivity contribution in [1.82, 2.24) is 4.98 Å². The summed E-state index contributed by atoms with van der Waals surface area (Å²) in [5.41, 5.74) is 2.78. The molecule has 0 spiro atoms. The Morgan fingerprint density at radius 3 is 2.55 bits per heavy atom. The zero-order valence-corrected chi connectivity index (χ0v) is 10.6. The summed E-state index contributed by atoms with van der Waals surface area (Å²) >= 11 is 0. The number of hydrogen-bond donors (Lipinski definition) is 2. The number of nitrogens with two attached hydrogens (primary N) is 1. The maximum Gasteiger partial charge on any atom is 0.276 e. The molecule has 1 aromatic carbocycles. The number of hydrazine groups is 1. The van der Waals surface area contributed by atoms with Gasteiger partial charge in [0, 0.05) is 12.7 Å². The molecule has 0 aliphatic rings. The number of halogens is 1. The fourth-order valence-corrected chi connectivity index (χ4v) is 1.65. The van der Waals surface area contributed by atoms with Crippen molar-refractivity contribution >= 4 is 23.0 Å². The molecule has 3 N–H and O–H groups in total. The molecule has 104 valence electrons. The highest BCUT2D eigenvalue weighted by atomic mass is 19.1. The van der Waals surface area contributed by atoms with Crippen molar-refractivity contribution in [3.8, 4) is 0 Å². The summed E-state index contributed by atoms with van der Waals surface area (Å²) in [6.07, 6.45) is 0. The summed E-state index contributed by atoms with van der Waals surface area (Å²) in [7, 11) is 1.67. The van der Waals surface area contributed by atoms with Crippen molar-refractivity contribution < 1.29 is 9.31 Å². The molecular weight excluding hydrogens is 265 g/mol. The molecule has 0 saturated carbocycles. The van der Waals surface area contributed by atoms with Crippen LogP contribution in [0.4, 0.5) is 27.4 Å². The van der Waals surface area contributed by atoms with Crippen LogP contribution in [0.5, 0.6) is 0 Å². The highest BCUT2D eigenvalue weighted by molar-refractivity contribution is 5.64. The van der Waals surface area contributed by atoms with E-state index in [1.807, 2.05) is 0 Å². The van der Waals surface area contributed by atoms with Crippen LogP contribution in [0.25, 0.3) is 0 Å². The topological polar surface area (TPSA) is 97.3 Å². The molecule has 0 aliphatic carbocycles. The molecule has 0 unspecified atom stereocenters. The second-order valence-corrected chi connectivity index (χ2v) is 4.01. The van der Waals surface area contributed by atoms with Crippen molar-refractivity contribution in [3.05, 3.63) is 52.3 Å². The van der Waals surface area contributed by atoms with Gasteiger partial charge in [-0.3, -0.25) is 10.1 Å². The number of nitrogen functional groups attached to an aromatic ring is 1. The third-order valence-electron chi connectivity index (χ3n) is 2.71. The third-order valence-corrected chi connectivity index (χ3v) is 2.71. The summed E-state index contributed by atoms with van der Waals surface area (Å²) in [4.78, 5) is 16.0. The highest BCUT2D eigenvalue weighted by Gasteiger charge is 2.14. The molecule has 0 atom stereocenters. The van der Waals surface area contributed by atoms with Gasteiger partial charge in [-0.25, -0.2) is 15.2 Å². The average Bonchev–Trinajstić information content (AvgIpc) is 2.46. The molecule has 7 nitrogen and oxygen atoms in total. The van der Waals surface area contributed by atoms with E-state index in [0.29, 0.717) is 11.5 Å². The van der Waals surface area contributed by atoms with Crippen LogP contribution in [0.15, 0.2) is 36.4 Å². The Morgan fingerprint density at radius 1 is 1.35 bits per heavy atom. The van der Waals surface area contributed by atoms with Crippen LogP contribution in [0.3, 0.4) is 0 Å². The van der Waals surface area contributed by atoms with Crippen LogP contribution in [0.2, 0.25) is 0 Å². The third kappa shape index (κ3) is 2.81. The standard InChI is InChI=1S/C12H12FN5O2/c1-17(9-4-2-8(13)3-5-9)12-7-10(18(19)20)6-11(15-12)16-14/h2-7H,14H2,1H3,(H,15,16). The van der Waals surface area contributed by atoms with E-state index in [1.54, 1.807) is 24.1 Å². The minimum atomic E-state index is -0.537. The number of anilines is 3. The summed E-state index contributed by atoms with van der Waals surface area (Å²) in [6, 6.07) is 8.22. The predicted octanol–water partition coefficient (Wildman–Crippen LogP) is 2.18. The number of aromatic nitrogens is 1. The molecule has 0 aliphatic heterocycles. The number of nitrogens with zero attached hydrogens (tertiary/aromatic N) is 3. The van der Waals surface area contributed by atoms with Gasteiger partial charge in [-0.1, -0.05) is 0 Å². The Bertz CT molecular complexity index is 632. The molecule has 0 amide bonds. The number of hydrogen-bond acceptors (Lipinski definition) is 6. The van der Waals surface area contributed by atoms with Crippen LogP contribution in [-0.4, -0.2) is 17.0 Å². The first-order valence-electron chi connectivity index (χ1n) is 5.63. The Hall–Kier alpha value is -2.74. The Kier molecular flexibility index (Phi) is 3.76. The van der Waals surface area contributed by atoms with Crippen molar-refractivity contribution in [2.45, 2.75) is 0 Å². The van der Waals surface area contributed by atoms with E-state index in [0.717, 1.165) is 0 Å². The maximum atomic E-state index is 12.9. The van der Waals surface area contributed by atoms with Crippen LogP contribution >= 0.6 is 0 Å². The average molecular weight is 277 g/mol. The van der Waals surface area contributed by atoms with Crippen LogP contribution in [-0.2, 0) is 0 Å². The first kappa shape index (κ1) is 13.7. The SMILES string of the molecule is CN(c1ccc(F)cc1)c1cc([N+](=O)[O-])cc(NN)n1. The number of nitro groups is 1. The second kappa shape index (κ2) is 5.49. The summed E-state index contributed by atoms with van der Waals surface area (Å²) in [5.74, 6) is 5.37. The van der Waals surface area contributed by atoms with Crippen LogP contribution in [0.1, 0.15) is 0 Å². The zero-order valence-electron chi connectivity index (χ0n) is 10.6. The molecule has 0 fully saturated rings. The molecule has 2 aromatic rings. The zero-order chi connectivity index (χ0) is 14.7. The van der Waals surface area contributed by atoms with Crippen molar-refractivity contribution in [2.75, 3.05) is 17.4 Å². The molecule has 2 rings (SSSR count). The Balaban J connectivity index is 2.42. The van der Waals surface area contributed by atoms with Crippen LogP contribution in [0, 0.1) is 15.9 Å². The second-order valence-electron chi connectivity index (χ2n) is 4.01. The maximum absolute atomic E-state index is 12.9. The molecule has 1 aromatic heterocycles.